The molecule has 2 aliphatic rings. The van der Waals surface area contributed by atoms with Crippen LogP contribution in [0.4, 0.5) is 0 Å². The van der Waals surface area contributed by atoms with Crippen LogP contribution in [0.3, 0.4) is 0 Å². The molecule has 2 unspecified atom stereocenters. The Labute approximate surface area is 94.5 Å². The summed E-state index contributed by atoms with van der Waals surface area (Å²) in [6.07, 6.45) is 8.70. The molecule has 1 aliphatic heterocycles. The second-order valence-corrected chi connectivity index (χ2v) is 6.71. The number of fused-ring (bicyclic) bond motifs is 2. The minimum absolute atomic E-state index is 0.558. The Hall–Kier alpha value is -0.300. The lowest BCUT2D eigenvalue weighted by Crippen LogP contribution is -2.34. The maximum atomic E-state index is 2.69. The summed E-state index contributed by atoms with van der Waals surface area (Å²) >= 11 is 0. The number of nitrogens with zero attached hydrogens (tertiary/aromatic N) is 1. The summed E-state index contributed by atoms with van der Waals surface area (Å²) in [7, 11) is 0. The number of hydrogen-bond donors (Lipinski definition) is 0. The summed E-state index contributed by atoms with van der Waals surface area (Å²) in [5, 5.41) is 0. The SMILES string of the molecule is CC=CCN1CC2(C)CC1CC(C)(C)C2. The topological polar surface area (TPSA) is 3.24 Å². The Morgan fingerprint density at radius 1 is 1.27 bits per heavy atom. The fraction of sp³-hybridized carbons (Fsp3) is 0.857. The summed E-state index contributed by atoms with van der Waals surface area (Å²) in [5.41, 5.74) is 1.15. The second-order valence-electron chi connectivity index (χ2n) is 6.71. The van der Waals surface area contributed by atoms with Gasteiger partial charge in [-0.05, 0) is 37.0 Å². The molecule has 0 aromatic rings. The van der Waals surface area contributed by atoms with Crippen molar-refractivity contribution in [1.29, 1.82) is 0 Å². The highest BCUT2D eigenvalue weighted by Crippen LogP contribution is 2.52. The van der Waals surface area contributed by atoms with E-state index in [0.29, 0.717) is 10.8 Å². The summed E-state index contributed by atoms with van der Waals surface area (Å²) in [5.74, 6) is 0. The zero-order valence-corrected chi connectivity index (χ0v) is 10.7. The third-order valence-electron chi connectivity index (χ3n) is 4.10. The van der Waals surface area contributed by atoms with Crippen molar-refractivity contribution in [2.45, 2.75) is 53.0 Å². The highest BCUT2D eigenvalue weighted by atomic mass is 15.2. The van der Waals surface area contributed by atoms with Gasteiger partial charge in [-0.25, -0.2) is 0 Å². The van der Waals surface area contributed by atoms with Gasteiger partial charge in [0.2, 0.25) is 0 Å². The predicted molar refractivity (Wildman–Crippen MR) is 65.9 cm³/mol. The van der Waals surface area contributed by atoms with Gasteiger partial charge < -0.3 is 0 Å². The van der Waals surface area contributed by atoms with Crippen LogP contribution in [0, 0.1) is 10.8 Å². The molecule has 0 aromatic heterocycles. The lowest BCUT2D eigenvalue weighted by Gasteiger charge is -2.39. The first kappa shape index (κ1) is 11.2. The van der Waals surface area contributed by atoms with Crippen LogP contribution in [0.2, 0.25) is 0 Å². The Morgan fingerprint density at radius 3 is 2.67 bits per heavy atom. The minimum atomic E-state index is 0.558. The first-order valence-corrected chi connectivity index (χ1v) is 6.29. The van der Waals surface area contributed by atoms with Gasteiger partial charge in [0.05, 0.1) is 0 Å². The number of likely N-dealkylation sites (tertiary alicyclic amines) is 1. The lowest BCUT2D eigenvalue weighted by atomic mass is 9.65. The minimum Gasteiger partial charge on any atom is -0.296 e. The van der Waals surface area contributed by atoms with E-state index in [1.807, 2.05) is 0 Å². The van der Waals surface area contributed by atoms with Crippen LogP contribution in [0.25, 0.3) is 0 Å². The lowest BCUT2D eigenvalue weighted by molar-refractivity contribution is 0.129. The predicted octanol–water partition coefficient (Wildman–Crippen LogP) is 3.46. The molecule has 1 saturated heterocycles. The molecule has 1 aliphatic carbocycles. The van der Waals surface area contributed by atoms with E-state index in [4.69, 9.17) is 0 Å². The molecule has 0 N–H and O–H groups in total. The van der Waals surface area contributed by atoms with Crippen molar-refractivity contribution in [2.75, 3.05) is 13.1 Å². The van der Waals surface area contributed by atoms with Gasteiger partial charge in [0.25, 0.3) is 0 Å². The maximum Gasteiger partial charge on any atom is 0.0166 e. The maximum absolute atomic E-state index is 2.69. The van der Waals surface area contributed by atoms with E-state index in [2.05, 4.69) is 44.7 Å². The van der Waals surface area contributed by atoms with Crippen LogP contribution < -0.4 is 0 Å². The molecular weight excluding hydrogens is 182 g/mol. The van der Waals surface area contributed by atoms with Crippen molar-refractivity contribution in [2.24, 2.45) is 10.8 Å². The van der Waals surface area contributed by atoms with Crippen LogP contribution in [0.15, 0.2) is 12.2 Å². The molecule has 0 amide bonds. The Kier molecular flexibility index (Phi) is 2.70. The first-order valence-electron chi connectivity index (χ1n) is 6.29. The first-order chi connectivity index (χ1) is 6.94. The molecule has 2 bridgehead atoms. The largest absolute Gasteiger partial charge is 0.296 e. The van der Waals surface area contributed by atoms with Crippen molar-refractivity contribution < 1.29 is 0 Å². The van der Waals surface area contributed by atoms with Crippen molar-refractivity contribution in [1.82, 2.24) is 4.90 Å². The zero-order valence-electron chi connectivity index (χ0n) is 10.7. The van der Waals surface area contributed by atoms with E-state index in [0.717, 1.165) is 12.6 Å². The molecule has 1 heterocycles. The van der Waals surface area contributed by atoms with E-state index in [-0.39, 0.29) is 0 Å². The van der Waals surface area contributed by atoms with E-state index < -0.39 is 0 Å². The number of rotatable bonds is 2. The van der Waals surface area contributed by atoms with Gasteiger partial charge in [-0.2, -0.15) is 0 Å². The summed E-state index contributed by atoms with van der Waals surface area (Å²) in [6, 6.07) is 0.843. The average molecular weight is 207 g/mol. The zero-order chi connectivity index (χ0) is 11.1. The Bertz CT molecular complexity index is 267. The van der Waals surface area contributed by atoms with Gasteiger partial charge in [-0.15, -0.1) is 0 Å². The van der Waals surface area contributed by atoms with Crippen LogP contribution in [0.5, 0.6) is 0 Å². The average Bonchev–Trinajstić information content (AvgIpc) is 2.31. The van der Waals surface area contributed by atoms with Gasteiger partial charge in [-0.1, -0.05) is 32.9 Å². The fourth-order valence-corrected chi connectivity index (χ4v) is 4.03. The normalized spacial score (nSPS) is 40.1. The Morgan fingerprint density at radius 2 is 2.00 bits per heavy atom. The van der Waals surface area contributed by atoms with E-state index in [1.54, 1.807) is 0 Å². The quantitative estimate of drug-likeness (QED) is 0.627. The molecule has 0 radical (unpaired) electrons. The van der Waals surface area contributed by atoms with Crippen LogP contribution in [-0.2, 0) is 0 Å². The molecule has 2 atom stereocenters. The fourth-order valence-electron chi connectivity index (χ4n) is 4.03. The monoisotopic (exact) mass is 207 g/mol. The van der Waals surface area contributed by atoms with Gasteiger partial charge in [-0.3, -0.25) is 4.90 Å². The van der Waals surface area contributed by atoms with Crippen LogP contribution >= 0.6 is 0 Å². The molecule has 15 heavy (non-hydrogen) atoms. The molecule has 1 nitrogen and oxygen atoms in total. The molecule has 0 aromatic carbocycles. The van der Waals surface area contributed by atoms with E-state index >= 15 is 0 Å². The molecule has 86 valence electrons. The van der Waals surface area contributed by atoms with Gasteiger partial charge in [0.15, 0.2) is 0 Å². The van der Waals surface area contributed by atoms with Crippen LogP contribution in [-0.4, -0.2) is 24.0 Å². The van der Waals surface area contributed by atoms with Crippen molar-refractivity contribution in [3.63, 3.8) is 0 Å². The molecule has 0 spiro atoms. The number of allylic oxidation sites excluding steroid dienone is 1. The summed E-state index contributed by atoms with van der Waals surface area (Å²) in [4.78, 5) is 2.69. The highest BCUT2D eigenvalue weighted by molar-refractivity contribution is 5.03. The van der Waals surface area contributed by atoms with E-state index in [1.165, 1.54) is 25.8 Å². The molecule has 2 fully saturated rings. The highest BCUT2D eigenvalue weighted by Gasteiger charge is 2.48. The molecular formula is C14H25N. The van der Waals surface area contributed by atoms with Gasteiger partial charge >= 0.3 is 0 Å². The third-order valence-corrected chi connectivity index (χ3v) is 4.10. The summed E-state index contributed by atoms with van der Waals surface area (Å²) in [6.45, 7) is 12.0. The van der Waals surface area contributed by atoms with Gasteiger partial charge in [0, 0.05) is 19.1 Å². The van der Waals surface area contributed by atoms with Crippen molar-refractivity contribution in [3.8, 4) is 0 Å². The molecule has 1 heteroatoms. The van der Waals surface area contributed by atoms with Crippen molar-refractivity contribution in [3.05, 3.63) is 12.2 Å². The molecule has 2 rings (SSSR count). The number of hydrogen-bond acceptors (Lipinski definition) is 1. The molecule has 1 saturated carbocycles. The van der Waals surface area contributed by atoms with Crippen molar-refractivity contribution >= 4 is 0 Å². The van der Waals surface area contributed by atoms with Crippen LogP contribution in [0.1, 0.15) is 47.0 Å². The smallest absolute Gasteiger partial charge is 0.0166 e. The summed E-state index contributed by atoms with van der Waals surface area (Å²) < 4.78 is 0. The van der Waals surface area contributed by atoms with Gasteiger partial charge in [0.1, 0.15) is 0 Å². The second kappa shape index (κ2) is 3.62. The van der Waals surface area contributed by atoms with E-state index in [9.17, 15) is 0 Å². The Balaban J connectivity index is 2.09. The third kappa shape index (κ3) is 2.28. The standard InChI is InChI=1S/C14H25N/c1-5-6-7-15-11-14(4)9-12(15)8-13(2,3)10-14/h5-6,12H,7-11H2,1-4H3.